The molecule has 5 rings (SSSR count). The first-order valence-electron chi connectivity index (χ1n) is 14.4. The van der Waals surface area contributed by atoms with E-state index >= 15 is 0 Å². The Morgan fingerprint density at radius 3 is 2.28 bits per heavy atom. The topological polar surface area (TPSA) is 125 Å². The maximum atomic E-state index is 14.7. The molecule has 14 heteroatoms. The highest BCUT2D eigenvalue weighted by Crippen LogP contribution is 2.41. The monoisotopic (exact) mass is 691 g/mol. The first-order chi connectivity index (χ1) is 21.8. The van der Waals surface area contributed by atoms with E-state index in [-0.39, 0.29) is 38.5 Å². The molecule has 0 unspecified atom stereocenters. The third-order valence-corrected chi connectivity index (χ3v) is 10.4. The smallest absolute Gasteiger partial charge is 0.404 e. The molecule has 9 nitrogen and oxygen atoms in total. The molecule has 1 aliphatic rings. The zero-order valence-electron chi connectivity index (χ0n) is 25.0. The molecule has 0 atom stereocenters. The summed E-state index contributed by atoms with van der Waals surface area (Å²) in [6.45, 7) is 0.410. The molecule has 0 radical (unpaired) electrons. The van der Waals surface area contributed by atoms with E-state index in [1.807, 2.05) is 12.1 Å². The number of hydrogen-bond acceptors (Lipinski definition) is 6. The number of fused-ring (bicyclic) bond motifs is 1. The van der Waals surface area contributed by atoms with E-state index in [0.717, 1.165) is 40.9 Å². The van der Waals surface area contributed by atoms with Gasteiger partial charge < -0.3 is 20.1 Å². The maximum Gasteiger partial charge on any atom is 0.404 e. The molecule has 1 aromatic heterocycles. The Bertz CT molecular complexity index is 1880. The molecule has 1 heterocycles. The van der Waals surface area contributed by atoms with Gasteiger partial charge in [-0.3, -0.25) is 9.52 Å². The third kappa shape index (κ3) is 7.54. The lowest BCUT2D eigenvalue weighted by Gasteiger charge is -2.37. The van der Waals surface area contributed by atoms with Crippen LogP contribution in [0.4, 0.5) is 19.3 Å². The summed E-state index contributed by atoms with van der Waals surface area (Å²) in [6, 6.07) is 14.1. The van der Waals surface area contributed by atoms with Gasteiger partial charge in [0.15, 0.2) is 0 Å². The van der Waals surface area contributed by atoms with Crippen molar-refractivity contribution in [2.24, 2.45) is 5.92 Å². The minimum atomic E-state index is -3.44. The fourth-order valence-electron chi connectivity index (χ4n) is 5.83. The number of anilines is 1. The lowest BCUT2D eigenvalue weighted by Crippen LogP contribution is -2.43. The lowest BCUT2D eigenvalue weighted by molar-refractivity contribution is 0.0592. The van der Waals surface area contributed by atoms with Crippen LogP contribution in [0.3, 0.4) is 0 Å². The predicted molar refractivity (Wildman–Crippen MR) is 175 cm³/mol. The highest BCUT2D eigenvalue weighted by atomic mass is 35.5. The standard InChI is InChI=1S/C32H32ClF2N3O6S2/c1-44-26-14-7-20(19-5-8-22(9-6-19)37-46(2,42)43)15-21(26)17-38(23-10-3-18(4-11-23)16-36-32(40)41)31(39)30-28(33)27-24(34)12-13-25(35)29(27)45-30/h5-9,12-15,18,23,36-37H,3-4,10-11,16-17H2,1-2H3,(H,40,41). The highest BCUT2D eigenvalue weighted by Gasteiger charge is 2.33. The van der Waals surface area contributed by atoms with Gasteiger partial charge in [-0.25, -0.2) is 22.0 Å². The molecule has 1 fully saturated rings. The summed E-state index contributed by atoms with van der Waals surface area (Å²) in [6.07, 6.45) is 2.49. The average molecular weight is 692 g/mol. The van der Waals surface area contributed by atoms with E-state index in [2.05, 4.69) is 10.0 Å². The van der Waals surface area contributed by atoms with Crippen molar-refractivity contribution < 1.29 is 36.6 Å². The molecular weight excluding hydrogens is 660 g/mol. The molecule has 46 heavy (non-hydrogen) atoms. The van der Waals surface area contributed by atoms with Crippen LogP contribution in [0.1, 0.15) is 40.9 Å². The Balaban J connectivity index is 1.49. The number of carbonyl (C=O) groups is 2. The second-order valence-electron chi connectivity index (χ2n) is 11.3. The average Bonchev–Trinajstić information content (AvgIpc) is 3.38. The Kier molecular flexibility index (Phi) is 10.0. The van der Waals surface area contributed by atoms with Crippen molar-refractivity contribution >= 4 is 60.7 Å². The second-order valence-corrected chi connectivity index (χ2v) is 14.4. The first kappa shape index (κ1) is 33.4. The number of thiophene rings is 1. The summed E-state index contributed by atoms with van der Waals surface area (Å²) in [5, 5.41) is 11.2. The number of carbonyl (C=O) groups excluding carboxylic acids is 1. The van der Waals surface area contributed by atoms with Crippen LogP contribution in [0, 0.1) is 17.6 Å². The van der Waals surface area contributed by atoms with Crippen molar-refractivity contribution in [1.29, 1.82) is 0 Å². The van der Waals surface area contributed by atoms with Gasteiger partial charge in [-0.15, -0.1) is 11.3 Å². The molecule has 0 saturated heterocycles. The van der Waals surface area contributed by atoms with Gasteiger partial charge >= 0.3 is 6.09 Å². The quantitative estimate of drug-likeness (QED) is 0.160. The fraction of sp³-hybridized carbons (Fsp3) is 0.312. The van der Waals surface area contributed by atoms with Crippen LogP contribution in [0.15, 0.2) is 54.6 Å². The number of ether oxygens (including phenoxy) is 1. The van der Waals surface area contributed by atoms with Crippen LogP contribution in [0.2, 0.25) is 5.02 Å². The summed E-state index contributed by atoms with van der Waals surface area (Å²) in [5.41, 5.74) is 2.68. The summed E-state index contributed by atoms with van der Waals surface area (Å²) in [4.78, 5) is 27.0. The van der Waals surface area contributed by atoms with Crippen LogP contribution in [-0.2, 0) is 16.6 Å². The molecule has 4 aromatic rings. The van der Waals surface area contributed by atoms with Crippen molar-refractivity contribution in [3.63, 3.8) is 0 Å². The maximum absolute atomic E-state index is 14.7. The number of hydrogen-bond donors (Lipinski definition) is 3. The Hall–Kier alpha value is -3.94. The SMILES string of the molecule is COc1ccc(-c2ccc(NS(C)(=O)=O)cc2)cc1CN(C(=O)c1sc2c(F)ccc(F)c2c1Cl)C1CCC(CNC(=O)O)CC1. The Labute approximate surface area is 274 Å². The number of methoxy groups -OCH3 is 1. The molecule has 0 aliphatic heterocycles. The lowest BCUT2D eigenvalue weighted by atomic mass is 9.85. The van der Waals surface area contributed by atoms with Crippen molar-refractivity contribution in [3.05, 3.63) is 81.7 Å². The van der Waals surface area contributed by atoms with E-state index in [4.69, 9.17) is 21.4 Å². The van der Waals surface area contributed by atoms with Gasteiger partial charge in [-0.2, -0.15) is 0 Å². The molecule has 3 aromatic carbocycles. The van der Waals surface area contributed by atoms with Crippen molar-refractivity contribution in [3.8, 4) is 16.9 Å². The molecule has 0 spiro atoms. The summed E-state index contributed by atoms with van der Waals surface area (Å²) >= 11 is 7.36. The second kappa shape index (κ2) is 13.8. The van der Waals surface area contributed by atoms with Gasteiger partial charge in [0, 0.05) is 30.4 Å². The number of nitrogens with one attached hydrogen (secondary N) is 2. The van der Waals surface area contributed by atoms with Crippen LogP contribution in [-0.4, -0.2) is 56.4 Å². The minimum Gasteiger partial charge on any atom is -0.496 e. The molecule has 244 valence electrons. The fourth-order valence-corrected chi connectivity index (χ4v) is 7.90. The third-order valence-electron chi connectivity index (χ3n) is 8.08. The number of amides is 2. The number of rotatable bonds is 10. The van der Waals surface area contributed by atoms with Gasteiger partial charge in [-0.1, -0.05) is 29.8 Å². The van der Waals surface area contributed by atoms with Crippen LogP contribution in [0.25, 0.3) is 21.2 Å². The summed E-state index contributed by atoms with van der Waals surface area (Å²) < 4.78 is 60.7. The van der Waals surface area contributed by atoms with E-state index in [0.29, 0.717) is 49.2 Å². The summed E-state index contributed by atoms with van der Waals surface area (Å²) in [7, 11) is -1.92. The normalized spacial score (nSPS) is 16.6. The number of nitrogens with zero attached hydrogens (tertiary/aromatic N) is 1. The number of halogens is 3. The Morgan fingerprint density at radius 2 is 1.67 bits per heavy atom. The zero-order chi connectivity index (χ0) is 33.2. The molecule has 2 amide bonds. The minimum absolute atomic E-state index is 0.0272. The van der Waals surface area contributed by atoms with Crippen LogP contribution < -0.4 is 14.8 Å². The number of sulfonamides is 1. The van der Waals surface area contributed by atoms with E-state index in [1.54, 1.807) is 35.2 Å². The molecule has 1 saturated carbocycles. The predicted octanol–water partition coefficient (Wildman–Crippen LogP) is 7.35. The molecule has 1 aliphatic carbocycles. The van der Waals surface area contributed by atoms with Crippen molar-refractivity contribution in [2.75, 3.05) is 24.6 Å². The van der Waals surface area contributed by atoms with Gasteiger partial charge in [-0.05, 0) is 79.1 Å². The van der Waals surface area contributed by atoms with Crippen LogP contribution in [0.5, 0.6) is 5.75 Å². The van der Waals surface area contributed by atoms with Gasteiger partial charge in [0.05, 0.1) is 28.5 Å². The van der Waals surface area contributed by atoms with Gasteiger partial charge in [0.25, 0.3) is 5.91 Å². The van der Waals surface area contributed by atoms with Crippen LogP contribution >= 0.6 is 22.9 Å². The zero-order valence-corrected chi connectivity index (χ0v) is 27.4. The largest absolute Gasteiger partial charge is 0.496 e. The Morgan fingerprint density at radius 1 is 1.02 bits per heavy atom. The van der Waals surface area contributed by atoms with E-state index in [9.17, 15) is 26.8 Å². The highest BCUT2D eigenvalue weighted by molar-refractivity contribution is 7.92. The molecular formula is C32H32ClF2N3O6S2. The summed E-state index contributed by atoms with van der Waals surface area (Å²) in [5.74, 6) is -1.23. The molecule has 0 bridgehead atoms. The van der Waals surface area contributed by atoms with E-state index < -0.39 is 33.7 Å². The van der Waals surface area contributed by atoms with Crippen molar-refractivity contribution in [2.45, 2.75) is 38.3 Å². The van der Waals surface area contributed by atoms with Gasteiger partial charge in [0.2, 0.25) is 10.0 Å². The first-order valence-corrected chi connectivity index (χ1v) is 17.5. The number of carboxylic acid groups (broad SMARTS) is 1. The van der Waals surface area contributed by atoms with E-state index in [1.165, 1.54) is 7.11 Å². The van der Waals surface area contributed by atoms with Gasteiger partial charge in [0.1, 0.15) is 22.3 Å². The van der Waals surface area contributed by atoms with Crippen molar-refractivity contribution in [1.82, 2.24) is 10.2 Å². The molecule has 3 N–H and O–H groups in total. The number of benzene rings is 3.